The first-order valence-electron chi connectivity index (χ1n) is 6.06. The first-order chi connectivity index (χ1) is 8.49. The van der Waals surface area contributed by atoms with Gasteiger partial charge in [-0.25, -0.2) is 0 Å². The van der Waals surface area contributed by atoms with Crippen molar-refractivity contribution in [1.82, 2.24) is 9.78 Å². The van der Waals surface area contributed by atoms with Gasteiger partial charge in [-0.1, -0.05) is 37.6 Å². The molecule has 0 aliphatic carbocycles. The van der Waals surface area contributed by atoms with Crippen molar-refractivity contribution in [3.05, 3.63) is 34.9 Å². The molecule has 96 valence electrons. The number of nitrogens with zero attached hydrogens (tertiary/aromatic N) is 2. The van der Waals surface area contributed by atoms with E-state index in [1.54, 1.807) is 4.68 Å². The second kappa shape index (κ2) is 5.02. The van der Waals surface area contributed by atoms with Crippen LogP contribution in [0.1, 0.15) is 19.4 Å². The maximum Gasteiger partial charge on any atom is 0.125 e. The van der Waals surface area contributed by atoms with Gasteiger partial charge < -0.3 is 5.73 Å². The largest absolute Gasteiger partial charge is 0.384 e. The molecule has 0 radical (unpaired) electrons. The smallest absolute Gasteiger partial charge is 0.125 e. The van der Waals surface area contributed by atoms with Crippen molar-refractivity contribution in [3.63, 3.8) is 0 Å². The van der Waals surface area contributed by atoms with Crippen LogP contribution in [0.25, 0.3) is 11.3 Å². The molecule has 2 N–H and O–H groups in total. The van der Waals surface area contributed by atoms with E-state index in [1.807, 2.05) is 31.3 Å². The lowest BCUT2D eigenvalue weighted by Crippen LogP contribution is -2.02. The Bertz CT molecular complexity index is 558. The zero-order chi connectivity index (χ0) is 13.3. The number of aryl methyl sites for hydroxylation is 1. The molecule has 0 bridgehead atoms. The molecule has 0 aliphatic rings. The molecule has 0 aliphatic heterocycles. The summed E-state index contributed by atoms with van der Waals surface area (Å²) in [5.41, 5.74) is 9.16. The Balaban J connectivity index is 2.53. The van der Waals surface area contributed by atoms with E-state index >= 15 is 0 Å². The van der Waals surface area contributed by atoms with Gasteiger partial charge in [-0.05, 0) is 24.5 Å². The minimum absolute atomic E-state index is 0.537. The van der Waals surface area contributed by atoms with Crippen molar-refractivity contribution >= 4 is 17.4 Å². The second-order valence-corrected chi connectivity index (χ2v) is 5.38. The van der Waals surface area contributed by atoms with Crippen LogP contribution in [0.5, 0.6) is 0 Å². The van der Waals surface area contributed by atoms with Crippen LogP contribution in [0, 0.1) is 5.92 Å². The predicted octanol–water partition coefficient (Wildman–Crippen LogP) is 3.52. The van der Waals surface area contributed by atoms with Crippen molar-refractivity contribution in [2.75, 3.05) is 5.73 Å². The fourth-order valence-corrected chi connectivity index (χ4v) is 2.25. The molecule has 4 heteroatoms. The summed E-state index contributed by atoms with van der Waals surface area (Å²) in [7, 11) is 1.87. The monoisotopic (exact) mass is 263 g/mol. The lowest BCUT2D eigenvalue weighted by Gasteiger charge is -2.07. The number of anilines is 1. The van der Waals surface area contributed by atoms with E-state index in [0.717, 1.165) is 29.1 Å². The molecule has 0 spiro atoms. The van der Waals surface area contributed by atoms with Gasteiger partial charge in [0.15, 0.2) is 0 Å². The fraction of sp³-hybridized carbons (Fsp3) is 0.357. The summed E-state index contributed by atoms with van der Waals surface area (Å²) < 4.78 is 1.73. The Hall–Kier alpha value is -1.48. The van der Waals surface area contributed by atoms with Crippen LogP contribution < -0.4 is 5.73 Å². The lowest BCUT2D eigenvalue weighted by atomic mass is 9.99. The van der Waals surface area contributed by atoms with Crippen molar-refractivity contribution < 1.29 is 0 Å². The third kappa shape index (κ3) is 2.51. The highest BCUT2D eigenvalue weighted by atomic mass is 35.5. The molecule has 2 aromatic rings. The Morgan fingerprint density at radius 1 is 1.39 bits per heavy atom. The number of hydrogen-bond donors (Lipinski definition) is 1. The maximum atomic E-state index is 6.09. The van der Waals surface area contributed by atoms with E-state index in [4.69, 9.17) is 17.3 Å². The summed E-state index contributed by atoms with van der Waals surface area (Å²) in [5, 5.41) is 5.22. The van der Waals surface area contributed by atoms with Gasteiger partial charge in [0.05, 0.1) is 5.69 Å². The summed E-state index contributed by atoms with van der Waals surface area (Å²) in [6, 6.07) is 7.73. The maximum absolute atomic E-state index is 6.09. The molecule has 1 aromatic carbocycles. The van der Waals surface area contributed by atoms with Crippen LogP contribution >= 0.6 is 11.6 Å². The van der Waals surface area contributed by atoms with Gasteiger partial charge in [-0.15, -0.1) is 0 Å². The Morgan fingerprint density at radius 2 is 2.11 bits per heavy atom. The number of nitrogens with two attached hydrogens (primary N) is 1. The van der Waals surface area contributed by atoms with E-state index in [2.05, 4.69) is 18.9 Å². The van der Waals surface area contributed by atoms with Crippen LogP contribution in [0.3, 0.4) is 0 Å². The summed E-state index contributed by atoms with van der Waals surface area (Å²) >= 11 is 6.03. The Kier molecular flexibility index (Phi) is 3.62. The SMILES string of the molecule is CC(C)Cc1c(-c2cccc(Cl)c2)nn(C)c1N. The number of halogens is 1. The zero-order valence-electron chi connectivity index (χ0n) is 10.9. The van der Waals surface area contributed by atoms with Crippen molar-refractivity contribution in [3.8, 4) is 11.3 Å². The number of nitrogen functional groups attached to an aromatic ring is 1. The molecule has 0 fully saturated rings. The topological polar surface area (TPSA) is 43.8 Å². The van der Waals surface area contributed by atoms with Crippen LogP contribution in [-0.4, -0.2) is 9.78 Å². The molecule has 0 unspecified atom stereocenters. The molecular weight excluding hydrogens is 246 g/mol. The highest BCUT2D eigenvalue weighted by Crippen LogP contribution is 2.30. The van der Waals surface area contributed by atoms with Crippen molar-refractivity contribution in [1.29, 1.82) is 0 Å². The standard InChI is InChI=1S/C14H18ClN3/c1-9(2)7-12-13(17-18(3)14(12)16)10-5-4-6-11(15)8-10/h4-6,8-9H,7,16H2,1-3H3. The average Bonchev–Trinajstić information content (AvgIpc) is 2.57. The quantitative estimate of drug-likeness (QED) is 0.921. The number of benzene rings is 1. The van der Waals surface area contributed by atoms with Gasteiger partial charge >= 0.3 is 0 Å². The lowest BCUT2D eigenvalue weighted by molar-refractivity contribution is 0.648. The molecule has 1 aromatic heterocycles. The Labute approximate surface area is 113 Å². The summed E-state index contributed by atoms with van der Waals surface area (Å²) in [5.74, 6) is 1.27. The van der Waals surface area contributed by atoms with E-state index in [-0.39, 0.29) is 0 Å². The van der Waals surface area contributed by atoms with Gasteiger partial charge in [0.25, 0.3) is 0 Å². The summed E-state index contributed by atoms with van der Waals surface area (Å²) in [6.07, 6.45) is 0.918. The first-order valence-corrected chi connectivity index (χ1v) is 6.44. The molecule has 2 rings (SSSR count). The highest BCUT2D eigenvalue weighted by Gasteiger charge is 2.16. The molecule has 0 amide bonds. The molecule has 1 heterocycles. The fourth-order valence-electron chi connectivity index (χ4n) is 2.06. The predicted molar refractivity (Wildman–Crippen MR) is 76.6 cm³/mol. The zero-order valence-corrected chi connectivity index (χ0v) is 11.7. The molecule has 0 atom stereocenters. The van der Waals surface area contributed by atoms with Gasteiger partial charge in [-0.2, -0.15) is 5.10 Å². The third-order valence-corrected chi connectivity index (χ3v) is 3.14. The van der Waals surface area contributed by atoms with E-state index in [0.29, 0.717) is 10.9 Å². The van der Waals surface area contributed by atoms with Gasteiger partial charge in [0, 0.05) is 23.2 Å². The van der Waals surface area contributed by atoms with Gasteiger partial charge in [0.2, 0.25) is 0 Å². The molecule has 3 nitrogen and oxygen atoms in total. The summed E-state index contributed by atoms with van der Waals surface area (Å²) in [4.78, 5) is 0. The summed E-state index contributed by atoms with van der Waals surface area (Å²) in [6.45, 7) is 4.35. The third-order valence-electron chi connectivity index (χ3n) is 2.90. The van der Waals surface area contributed by atoms with Gasteiger partial charge in [-0.3, -0.25) is 4.68 Å². The van der Waals surface area contributed by atoms with Crippen LogP contribution in [0.15, 0.2) is 24.3 Å². The minimum Gasteiger partial charge on any atom is -0.384 e. The molecule has 0 saturated carbocycles. The van der Waals surface area contributed by atoms with Crippen molar-refractivity contribution in [2.45, 2.75) is 20.3 Å². The van der Waals surface area contributed by atoms with Crippen LogP contribution in [0.2, 0.25) is 5.02 Å². The molecule has 18 heavy (non-hydrogen) atoms. The van der Waals surface area contributed by atoms with E-state index in [9.17, 15) is 0 Å². The van der Waals surface area contributed by atoms with Crippen LogP contribution in [0.4, 0.5) is 5.82 Å². The van der Waals surface area contributed by atoms with E-state index in [1.165, 1.54) is 0 Å². The molecule has 0 saturated heterocycles. The number of aromatic nitrogens is 2. The number of hydrogen-bond acceptors (Lipinski definition) is 2. The molecular formula is C14H18ClN3. The highest BCUT2D eigenvalue weighted by molar-refractivity contribution is 6.30. The second-order valence-electron chi connectivity index (χ2n) is 4.94. The number of rotatable bonds is 3. The normalized spacial score (nSPS) is 11.2. The average molecular weight is 264 g/mol. The Morgan fingerprint density at radius 3 is 2.72 bits per heavy atom. The minimum atomic E-state index is 0.537. The van der Waals surface area contributed by atoms with E-state index < -0.39 is 0 Å². The first kappa shape index (κ1) is 13.0. The van der Waals surface area contributed by atoms with Crippen molar-refractivity contribution in [2.24, 2.45) is 13.0 Å². The van der Waals surface area contributed by atoms with Gasteiger partial charge in [0.1, 0.15) is 5.82 Å². The van der Waals surface area contributed by atoms with Crippen LogP contribution in [-0.2, 0) is 13.5 Å².